The van der Waals surface area contributed by atoms with Crippen molar-refractivity contribution in [1.29, 1.82) is 0 Å². The van der Waals surface area contributed by atoms with E-state index >= 15 is 0 Å². The number of rotatable bonds is 4. The summed E-state index contributed by atoms with van der Waals surface area (Å²) in [5.74, 6) is -0.0651. The fourth-order valence-electron chi connectivity index (χ4n) is 1.83. The topological polar surface area (TPSA) is 54.0 Å². The molecular weight excluding hydrogens is 238 g/mol. The highest BCUT2D eigenvalue weighted by atomic mass is 16.1. The Kier molecular flexibility index (Phi) is 4.13. The minimum Gasteiger partial charge on any atom is -0.380 e. The minimum absolute atomic E-state index is 0.0651. The third-order valence-corrected chi connectivity index (χ3v) is 2.69. The largest absolute Gasteiger partial charge is 0.380 e. The van der Waals surface area contributed by atoms with Crippen LogP contribution in [0, 0.1) is 6.92 Å². The fraction of sp³-hybridized carbons (Fsp3) is 0.200. The number of carbonyl (C=O) groups excluding carboxylic acids is 1. The highest BCUT2D eigenvalue weighted by molar-refractivity contribution is 5.89. The van der Waals surface area contributed by atoms with E-state index in [1.54, 1.807) is 6.20 Å². The molecule has 0 radical (unpaired) electrons. The lowest BCUT2D eigenvalue weighted by Gasteiger charge is -2.11. The molecule has 0 aliphatic carbocycles. The molecule has 0 saturated heterocycles. The molecule has 2 rings (SSSR count). The molecule has 0 saturated carbocycles. The summed E-state index contributed by atoms with van der Waals surface area (Å²) in [5.41, 5.74) is 3.96. The van der Waals surface area contributed by atoms with Gasteiger partial charge in [-0.1, -0.05) is 18.2 Å². The van der Waals surface area contributed by atoms with Gasteiger partial charge in [-0.25, -0.2) is 0 Å². The van der Waals surface area contributed by atoms with Crippen LogP contribution in [0.15, 0.2) is 42.7 Å². The van der Waals surface area contributed by atoms with Crippen molar-refractivity contribution >= 4 is 17.3 Å². The average Bonchev–Trinajstić information content (AvgIpc) is 2.37. The number of hydrogen-bond acceptors (Lipinski definition) is 3. The summed E-state index contributed by atoms with van der Waals surface area (Å²) in [6.07, 6.45) is 3.60. The van der Waals surface area contributed by atoms with Gasteiger partial charge in [-0.3, -0.25) is 9.78 Å². The Bertz CT molecular complexity index is 581. The van der Waals surface area contributed by atoms with Crippen LogP contribution < -0.4 is 10.6 Å². The molecule has 0 spiro atoms. The number of nitrogens with one attached hydrogen (secondary N) is 2. The van der Waals surface area contributed by atoms with Crippen molar-refractivity contribution in [3.63, 3.8) is 0 Å². The first-order valence-electron chi connectivity index (χ1n) is 6.16. The average molecular weight is 255 g/mol. The molecule has 0 unspecified atom stereocenters. The predicted octanol–water partition coefficient (Wildman–Crippen LogP) is 2.96. The second kappa shape index (κ2) is 6.00. The van der Waals surface area contributed by atoms with Gasteiger partial charge in [0.25, 0.3) is 0 Å². The number of benzene rings is 1. The third-order valence-electron chi connectivity index (χ3n) is 2.69. The molecule has 1 heterocycles. The maximum absolute atomic E-state index is 11.1. The van der Waals surface area contributed by atoms with E-state index in [1.807, 2.05) is 43.5 Å². The van der Waals surface area contributed by atoms with Crippen LogP contribution in [0.4, 0.5) is 11.4 Å². The zero-order valence-corrected chi connectivity index (χ0v) is 11.1. The molecule has 0 aliphatic heterocycles. The number of amides is 1. The van der Waals surface area contributed by atoms with Crippen LogP contribution >= 0.6 is 0 Å². The summed E-state index contributed by atoms with van der Waals surface area (Å²) >= 11 is 0. The molecule has 0 atom stereocenters. The van der Waals surface area contributed by atoms with Gasteiger partial charge in [0.05, 0.1) is 5.69 Å². The standard InChI is InChI=1S/C15H17N3O/c1-11-7-14(10-16-8-11)17-9-13-5-3-4-6-15(13)18-12(2)19/h3-8,10,17H,9H2,1-2H3,(H,18,19). The molecule has 4 heteroatoms. The first-order chi connectivity index (χ1) is 9.15. The summed E-state index contributed by atoms with van der Waals surface area (Å²) in [6, 6.07) is 9.78. The van der Waals surface area contributed by atoms with E-state index in [2.05, 4.69) is 15.6 Å². The first kappa shape index (κ1) is 13.1. The number of hydrogen-bond donors (Lipinski definition) is 2. The highest BCUT2D eigenvalue weighted by Crippen LogP contribution is 2.17. The van der Waals surface area contributed by atoms with Crippen molar-refractivity contribution in [3.05, 3.63) is 53.9 Å². The van der Waals surface area contributed by atoms with E-state index in [0.717, 1.165) is 22.5 Å². The SMILES string of the molecule is CC(=O)Nc1ccccc1CNc1cncc(C)c1. The van der Waals surface area contributed by atoms with E-state index in [1.165, 1.54) is 6.92 Å². The molecule has 1 aromatic heterocycles. The van der Waals surface area contributed by atoms with Gasteiger partial charge in [-0.05, 0) is 30.2 Å². The number of aryl methyl sites for hydroxylation is 1. The molecule has 0 aliphatic rings. The Morgan fingerprint density at radius 1 is 1.26 bits per heavy atom. The van der Waals surface area contributed by atoms with Crippen LogP contribution in [-0.4, -0.2) is 10.9 Å². The lowest BCUT2D eigenvalue weighted by molar-refractivity contribution is -0.114. The maximum atomic E-state index is 11.1. The summed E-state index contributed by atoms with van der Waals surface area (Å²) in [6.45, 7) is 4.15. The summed E-state index contributed by atoms with van der Waals surface area (Å²) in [7, 11) is 0. The van der Waals surface area contributed by atoms with E-state index in [-0.39, 0.29) is 5.91 Å². The number of nitrogens with zero attached hydrogens (tertiary/aromatic N) is 1. The Morgan fingerprint density at radius 3 is 2.79 bits per heavy atom. The van der Waals surface area contributed by atoms with E-state index in [4.69, 9.17) is 0 Å². The number of carbonyl (C=O) groups is 1. The molecule has 4 nitrogen and oxygen atoms in total. The van der Waals surface area contributed by atoms with Crippen LogP contribution in [-0.2, 0) is 11.3 Å². The molecule has 98 valence electrons. The molecule has 1 aromatic carbocycles. The Labute approximate surface area is 112 Å². The van der Waals surface area contributed by atoms with Gasteiger partial charge in [0.2, 0.25) is 5.91 Å². The number of anilines is 2. The van der Waals surface area contributed by atoms with Crippen molar-refractivity contribution in [2.75, 3.05) is 10.6 Å². The number of para-hydroxylation sites is 1. The van der Waals surface area contributed by atoms with Gasteiger partial charge in [-0.2, -0.15) is 0 Å². The van der Waals surface area contributed by atoms with Crippen LogP contribution in [0.25, 0.3) is 0 Å². The Balaban J connectivity index is 2.09. The minimum atomic E-state index is -0.0651. The van der Waals surface area contributed by atoms with E-state index in [9.17, 15) is 4.79 Å². The lowest BCUT2D eigenvalue weighted by atomic mass is 10.1. The van der Waals surface area contributed by atoms with Gasteiger partial charge in [0.1, 0.15) is 0 Å². The van der Waals surface area contributed by atoms with Crippen LogP contribution in [0.3, 0.4) is 0 Å². The van der Waals surface area contributed by atoms with Gasteiger partial charge in [-0.15, -0.1) is 0 Å². The summed E-state index contributed by atoms with van der Waals surface area (Å²) in [5, 5.41) is 6.13. The van der Waals surface area contributed by atoms with E-state index in [0.29, 0.717) is 6.54 Å². The third kappa shape index (κ3) is 3.81. The molecule has 2 N–H and O–H groups in total. The quantitative estimate of drug-likeness (QED) is 0.883. The molecule has 0 bridgehead atoms. The van der Waals surface area contributed by atoms with Gasteiger partial charge >= 0.3 is 0 Å². The Morgan fingerprint density at radius 2 is 2.05 bits per heavy atom. The normalized spacial score (nSPS) is 10.0. The fourth-order valence-corrected chi connectivity index (χ4v) is 1.83. The molecule has 2 aromatic rings. The Hall–Kier alpha value is -2.36. The lowest BCUT2D eigenvalue weighted by Crippen LogP contribution is -2.10. The summed E-state index contributed by atoms with van der Waals surface area (Å²) in [4.78, 5) is 15.3. The van der Waals surface area contributed by atoms with Gasteiger partial charge < -0.3 is 10.6 Å². The van der Waals surface area contributed by atoms with Gasteiger partial charge in [0.15, 0.2) is 0 Å². The second-order valence-corrected chi connectivity index (χ2v) is 4.44. The molecule has 0 fully saturated rings. The smallest absolute Gasteiger partial charge is 0.221 e. The molecule has 19 heavy (non-hydrogen) atoms. The van der Waals surface area contributed by atoms with Gasteiger partial charge in [0, 0.05) is 31.5 Å². The molecular formula is C15H17N3O. The number of pyridine rings is 1. The first-order valence-corrected chi connectivity index (χ1v) is 6.16. The predicted molar refractivity (Wildman–Crippen MR) is 77.0 cm³/mol. The summed E-state index contributed by atoms with van der Waals surface area (Å²) < 4.78 is 0. The second-order valence-electron chi connectivity index (χ2n) is 4.44. The van der Waals surface area contributed by atoms with Crippen molar-refractivity contribution in [2.45, 2.75) is 20.4 Å². The van der Waals surface area contributed by atoms with Crippen molar-refractivity contribution < 1.29 is 4.79 Å². The zero-order valence-electron chi connectivity index (χ0n) is 11.1. The van der Waals surface area contributed by atoms with E-state index < -0.39 is 0 Å². The monoisotopic (exact) mass is 255 g/mol. The molecule has 1 amide bonds. The maximum Gasteiger partial charge on any atom is 0.221 e. The van der Waals surface area contributed by atoms with Crippen LogP contribution in [0.1, 0.15) is 18.1 Å². The van der Waals surface area contributed by atoms with Crippen molar-refractivity contribution in [1.82, 2.24) is 4.98 Å². The number of aromatic nitrogens is 1. The van der Waals surface area contributed by atoms with Crippen molar-refractivity contribution in [3.8, 4) is 0 Å². The van der Waals surface area contributed by atoms with Crippen LogP contribution in [0.2, 0.25) is 0 Å². The highest BCUT2D eigenvalue weighted by Gasteiger charge is 2.03. The zero-order chi connectivity index (χ0) is 13.7. The van der Waals surface area contributed by atoms with Crippen molar-refractivity contribution in [2.24, 2.45) is 0 Å². The van der Waals surface area contributed by atoms with Crippen LogP contribution in [0.5, 0.6) is 0 Å².